The van der Waals surface area contributed by atoms with Crippen LogP contribution in [0, 0.1) is 17.4 Å². The van der Waals surface area contributed by atoms with E-state index in [9.17, 15) is 35.9 Å². The third-order valence-corrected chi connectivity index (χ3v) is 6.16. The number of hydrogen-bond donors (Lipinski definition) is 2. The molecule has 1 heterocycles. The molecule has 0 spiro atoms. The van der Waals surface area contributed by atoms with Crippen molar-refractivity contribution in [2.24, 2.45) is 17.0 Å². The molecule has 1 unspecified atom stereocenters. The number of halogens is 6. The molecule has 182 valence electrons. The van der Waals surface area contributed by atoms with Crippen LogP contribution in [-0.4, -0.2) is 35.8 Å². The van der Waals surface area contributed by atoms with Gasteiger partial charge in [0.15, 0.2) is 0 Å². The second-order valence-corrected chi connectivity index (χ2v) is 8.57. The number of carbonyl (C=O) groups is 2. The summed E-state index contributed by atoms with van der Waals surface area (Å²) in [7, 11) is 0. The number of anilines is 1. The van der Waals surface area contributed by atoms with Gasteiger partial charge in [0.2, 0.25) is 11.8 Å². The van der Waals surface area contributed by atoms with E-state index in [-0.39, 0.29) is 42.8 Å². The van der Waals surface area contributed by atoms with Crippen LogP contribution in [0.3, 0.4) is 0 Å². The van der Waals surface area contributed by atoms with E-state index in [2.05, 4.69) is 10.4 Å². The first kappa shape index (κ1) is 25.0. The fraction of sp³-hybridized carbons (Fsp3) is 0.619. The maximum atomic E-state index is 13.0. The monoisotopic (exact) mass is 478 g/mol. The molecule has 1 aliphatic carbocycles. The normalized spacial score (nSPS) is 23.9. The Morgan fingerprint density at radius 3 is 2.18 bits per heavy atom. The maximum Gasteiger partial charge on any atom is 0.416 e. The number of nitrogens with zero attached hydrogens (tertiary/aromatic N) is 2. The summed E-state index contributed by atoms with van der Waals surface area (Å²) in [5.74, 6) is -1.48. The zero-order valence-corrected chi connectivity index (χ0v) is 17.6. The Bertz CT molecular complexity index is 869. The van der Waals surface area contributed by atoms with Crippen LogP contribution in [0.15, 0.2) is 23.3 Å². The van der Waals surface area contributed by atoms with E-state index in [0.717, 1.165) is 12.8 Å². The van der Waals surface area contributed by atoms with Crippen LogP contribution < -0.4 is 5.32 Å². The summed E-state index contributed by atoms with van der Waals surface area (Å²) >= 11 is 0. The molecule has 0 bridgehead atoms. The van der Waals surface area contributed by atoms with E-state index in [4.69, 9.17) is 5.53 Å². The Balaban J connectivity index is 1.62. The molecule has 0 aromatic heterocycles. The van der Waals surface area contributed by atoms with Crippen molar-refractivity contribution in [1.29, 1.82) is 5.53 Å². The van der Waals surface area contributed by atoms with E-state index in [1.807, 2.05) is 0 Å². The average Bonchev–Trinajstić information content (AvgIpc) is 3.19. The lowest BCUT2D eigenvalue weighted by atomic mass is 9.84. The third-order valence-electron chi connectivity index (χ3n) is 6.16. The summed E-state index contributed by atoms with van der Waals surface area (Å²) in [5, 5.41) is 5.70. The SMILES string of the molecule is N=N[C@H]1CCCC[C@H]1C(=O)N1CCC(CC(=O)Nc2cc(C(F)(F)F)cc(C(F)(F)F)c2)C1. The Morgan fingerprint density at radius 2 is 1.61 bits per heavy atom. The number of carbonyl (C=O) groups excluding carboxylic acids is 2. The molecular weight excluding hydrogens is 454 g/mol. The van der Waals surface area contributed by atoms with Gasteiger partial charge in [-0.2, -0.15) is 31.5 Å². The Hall–Kier alpha value is -2.66. The van der Waals surface area contributed by atoms with Crippen LogP contribution in [0.2, 0.25) is 0 Å². The van der Waals surface area contributed by atoms with Crippen LogP contribution in [0.25, 0.3) is 0 Å². The van der Waals surface area contributed by atoms with E-state index in [0.29, 0.717) is 37.9 Å². The Labute approximate surface area is 186 Å². The van der Waals surface area contributed by atoms with Crippen molar-refractivity contribution < 1.29 is 35.9 Å². The molecule has 2 amide bonds. The van der Waals surface area contributed by atoms with Gasteiger partial charge in [-0.05, 0) is 43.4 Å². The van der Waals surface area contributed by atoms with Gasteiger partial charge in [0.05, 0.1) is 23.1 Å². The minimum absolute atomic E-state index is 0.00219. The maximum absolute atomic E-state index is 13.0. The van der Waals surface area contributed by atoms with Gasteiger partial charge in [-0.1, -0.05) is 12.8 Å². The number of hydrogen-bond acceptors (Lipinski definition) is 4. The highest BCUT2D eigenvalue weighted by molar-refractivity contribution is 5.91. The molecule has 12 heteroatoms. The molecule has 2 fully saturated rings. The molecule has 6 nitrogen and oxygen atoms in total. The van der Waals surface area contributed by atoms with Crippen molar-refractivity contribution in [3.8, 4) is 0 Å². The highest BCUT2D eigenvalue weighted by Gasteiger charge is 2.38. The van der Waals surface area contributed by atoms with E-state index >= 15 is 0 Å². The van der Waals surface area contributed by atoms with Crippen molar-refractivity contribution in [2.75, 3.05) is 18.4 Å². The number of alkyl halides is 6. The largest absolute Gasteiger partial charge is 0.416 e. The third kappa shape index (κ3) is 6.23. The van der Waals surface area contributed by atoms with Gasteiger partial charge in [-0.15, -0.1) is 0 Å². The van der Waals surface area contributed by atoms with Gasteiger partial charge in [-0.3, -0.25) is 9.59 Å². The van der Waals surface area contributed by atoms with Gasteiger partial charge in [0, 0.05) is 25.2 Å². The first-order chi connectivity index (χ1) is 15.4. The molecule has 1 saturated carbocycles. The highest BCUT2D eigenvalue weighted by Crippen LogP contribution is 2.38. The molecule has 3 rings (SSSR count). The topological polar surface area (TPSA) is 85.6 Å². The number of benzene rings is 1. The fourth-order valence-corrected chi connectivity index (χ4v) is 4.49. The van der Waals surface area contributed by atoms with Crippen LogP contribution in [-0.2, 0) is 21.9 Å². The molecule has 2 N–H and O–H groups in total. The highest BCUT2D eigenvalue weighted by atomic mass is 19.4. The van der Waals surface area contributed by atoms with Gasteiger partial charge >= 0.3 is 12.4 Å². The summed E-state index contributed by atoms with van der Waals surface area (Å²) in [4.78, 5) is 26.8. The Morgan fingerprint density at radius 1 is 1.00 bits per heavy atom. The van der Waals surface area contributed by atoms with Crippen molar-refractivity contribution in [3.05, 3.63) is 29.3 Å². The predicted octanol–water partition coefficient (Wildman–Crippen LogP) is 5.49. The quantitative estimate of drug-likeness (QED) is 0.433. The molecule has 3 atom stereocenters. The predicted molar refractivity (Wildman–Crippen MR) is 105 cm³/mol. The van der Waals surface area contributed by atoms with Crippen LogP contribution in [0.5, 0.6) is 0 Å². The summed E-state index contributed by atoms with van der Waals surface area (Å²) in [6, 6.07) is 0.575. The summed E-state index contributed by atoms with van der Waals surface area (Å²) in [5.41, 5.74) is 3.70. The molecule has 1 aromatic rings. The van der Waals surface area contributed by atoms with E-state index < -0.39 is 35.1 Å². The molecule has 1 aromatic carbocycles. The fourth-order valence-electron chi connectivity index (χ4n) is 4.49. The lowest BCUT2D eigenvalue weighted by molar-refractivity contribution is -0.143. The lowest BCUT2D eigenvalue weighted by Gasteiger charge is -2.30. The molecule has 33 heavy (non-hydrogen) atoms. The second kappa shape index (κ2) is 9.68. The standard InChI is InChI=1S/C21H24F6N4O2/c22-20(23,24)13-8-14(21(25,26)27)10-15(9-13)29-18(32)7-12-5-6-31(11-12)19(33)16-3-1-2-4-17(16)30-28/h8-10,12,16-17,28H,1-7,11H2,(H,29,32)/t12?,16-,17+/m1/s1. The van der Waals surface area contributed by atoms with Crippen molar-refractivity contribution >= 4 is 17.5 Å². The summed E-state index contributed by atoms with van der Waals surface area (Å²) in [6.45, 7) is 0.670. The van der Waals surface area contributed by atoms with E-state index in [1.54, 1.807) is 4.90 Å². The minimum Gasteiger partial charge on any atom is -0.342 e. The smallest absolute Gasteiger partial charge is 0.342 e. The minimum atomic E-state index is -5.00. The summed E-state index contributed by atoms with van der Waals surface area (Å²) in [6.07, 6.45) is -6.56. The zero-order chi connectivity index (χ0) is 24.4. The lowest BCUT2D eigenvalue weighted by Crippen LogP contribution is -2.40. The molecule has 2 aliphatic rings. The number of nitrogens with one attached hydrogen (secondary N) is 2. The number of amides is 2. The van der Waals surface area contributed by atoms with Gasteiger partial charge in [0.1, 0.15) is 0 Å². The van der Waals surface area contributed by atoms with Crippen LogP contribution in [0.1, 0.15) is 49.7 Å². The molecule has 0 radical (unpaired) electrons. The van der Waals surface area contributed by atoms with E-state index in [1.165, 1.54) is 0 Å². The second-order valence-electron chi connectivity index (χ2n) is 8.57. The number of rotatable bonds is 5. The van der Waals surface area contributed by atoms with Crippen LogP contribution in [0.4, 0.5) is 32.0 Å². The van der Waals surface area contributed by atoms with Gasteiger partial charge in [0.25, 0.3) is 0 Å². The van der Waals surface area contributed by atoms with Gasteiger partial charge < -0.3 is 10.2 Å². The molecular formula is C21H24F6N4O2. The van der Waals surface area contributed by atoms with Crippen molar-refractivity contribution in [3.63, 3.8) is 0 Å². The summed E-state index contributed by atoms with van der Waals surface area (Å²) < 4.78 is 77.9. The zero-order valence-electron chi connectivity index (χ0n) is 17.6. The molecule has 1 aliphatic heterocycles. The molecule has 1 saturated heterocycles. The van der Waals surface area contributed by atoms with Crippen molar-refractivity contribution in [1.82, 2.24) is 4.90 Å². The van der Waals surface area contributed by atoms with Crippen LogP contribution >= 0.6 is 0 Å². The first-order valence-corrected chi connectivity index (χ1v) is 10.6. The number of likely N-dealkylation sites (tertiary alicyclic amines) is 1. The Kier molecular flexibility index (Phi) is 7.32. The van der Waals surface area contributed by atoms with Crippen molar-refractivity contribution in [2.45, 2.75) is 56.9 Å². The first-order valence-electron chi connectivity index (χ1n) is 10.6. The average molecular weight is 478 g/mol. The van der Waals surface area contributed by atoms with Gasteiger partial charge in [-0.25, -0.2) is 5.53 Å².